The smallest absolute Gasteiger partial charge is 0.340 e. The van der Waals surface area contributed by atoms with Gasteiger partial charge in [0.1, 0.15) is 0 Å². The van der Waals surface area contributed by atoms with Gasteiger partial charge in [0, 0.05) is 18.8 Å². The summed E-state index contributed by atoms with van der Waals surface area (Å²) in [5.74, 6) is -0.297. The largest absolute Gasteiger partial charge is 0.462 e. The molecule has 94 valence electrons. The number of nitrogens with zero attached hydrogens (tertiary/aromatic N) is 1. The van der Waals surface area contributed by atoms with E-state index < -0.39 is 0 Å². The van der Waals surface area contributed by atoms with Gasteiger partial charge in [-0.1, -0.05) is 0 Å². The SMILES string of the molecule is CCOC(=O)c1ccc(N)cc1N(CC)CC. The Kier molecular flexibility index (Phi) is 4.82. The number of esters is 1. The van der Waals surface area contributed by atoms with Crippen LogP contribution in [0.5, 0.6) is 0 Å². The first-order valence-electron chi connectivity index (χ1n) is 5.95. The Balaban J connectivity index is 3.15. The van der Waals surface area contributed by atoms with Crippen LogP contribution in [0.1, 0.15) is 31.1 Å². The molecule has 0 spiro atoms. The highest BCUT2D eigenvalue weighted by Crippen LogP contribution is 2.24. The van der Waals surface area contributed by atoms with Gasteiger partial charge < -0.3 is 15.4 Å². The first-order chi connectivity index (χ1) is 8.13. The molecule has 1 rings (SSSR count). The van der Waals surface area contributed by atoms with Gasteiger partial charge in [0.25, 0.3) is 0 Å². The Morgan fingerprint density at radius 1 is 1.29 bits per heavy atom. The van der Waals surface area contributed by atoms with Crippen LogP contribution in [-0.4, -0.2) is 25.7 Å². The van der Waals surface area contributed by atoms with Crippen molar-refractivity contribution in [1.29, 1.82) is 0 Å². The van der Waals surface area contributed by atoms with Crippen molar-refractivity contribution in [1.82, 2.24) is 0 Å². The maximum absolute atomic E-state index is 11.8. The van der Waals surface area contributed by atoms with E-state index in [1.807, 2.05) is 19.9 Å². The summed E-state index contributed by atoms with van der Waals surface area (Å²) in [5.41, 5.74) is 7.84. The molecule has 0 aliphatic heterocycles. The van der Waals surface area contributed by atoms with Gasteiger partial charge in [-0.3, -0.25) is 0 Å². The zero-order valence-electron chi connectivity index (χ0n) is 10.7. The van der Waals surface area contributed by atoms with Gasteiger partial charge in [0.05, 0.1) is 17.9 Å². The topological polar surface area (TPSA) is 55.6 Å². The molecule has 0 unspecified atom stereocenters. The maximum atomic E-state index is 11.8. The van der Waals surface area contributed by atoms with E-state index in [9.17, 15) is 4.79 Å². The molecule has 0 atom stereocenters. The molecular formula is C13H20N2O2. The minimum Gasteiger partial charge on any atom is -0.462 e. The number of hydrogen-bond donors (Lipinski definition) is 1. The predicted molar refractivity (Wildman–Crippen MR) is 70.4 cm³/mol. The number of anilines is 2. The van der Waals surface area contributed by atoms with Gasteiger partial charge in [-0.25, -0.2) is 4.79 Å². The number of nitrogen functional groups attached to an aromatic ring is 1. The quantitative estimate of drug-likeness (QED) is 0.629. The number of carbonyl (C=O) groups excluding carboxylic acids is 1. The van der Waals surface area contributed by atoms with Crippen molar-refractivity contribution in [2.45, 2.75) is 20.8 Å². The van der Waals surface area contributed by atoms with Crippen molar-refractivity contribution in [3.63, 3.8) is 0 Å². The lowest BCUT2D eigenvalue weighted by Gasteiger charge is -2.23. The van der Waals surface area contributed by atoms with Crippen molar-refractivity contribution in [3.05, 3.63) is 23.8 Å². The Morgan fingerprint density at radius 2 is 1.94 bits per heavy atom. The molecule has 1 aromatic rings. The van der Waals surface area contributed by atoms with Crippen LogP contribution < -0.4 is 10.6 Å². The molecule has 0 aliphatic rings. The van der Waals surface area contributed by atoms with E-state index in [1.54, 1.807) is 19.1 Å². The number of rotatable bonds is 5. The van der Waals surface area contributed by atoms with Crippen molar-refractivity contribution in [2.75, 3.05) is 30.3 Å². The lowest BCUT2D eigenvalue weighted by Crippen LogP contribution is -2.24. The third kappa shape index (κ3) is 3.12. The molecule has 4 nitrogen and oxygen atoms in total. The zero-order valence-corrected chi connectivity index (χ0v) is 10.7. The first-order valence-corrected chi connectivity index (χ1v) is 5.95. The second-order valence-corrected chi connectivity index (χ2v) is 3.67. The molecule has 0 saturated heterocycles. The molecule has 0 bridgehead atoms. The van der Waals surface area contributed by atoms with Crippen LogP contribution in [0.4, 0.5) is 11.4 Å². The van der Waals surface area contributed by atoms with E-state index >= 15 is 0 Å². The molecule has 0 fully saturated rings. The molecule has 0 saturated carbocycles. The molecule has 0 aromatic heterocycles. The minimum atomic E-state index is -0.297. The molecular weight excluding hydrogens is 216 g/mol. The van der Waals surface area contributed by atoms with Gasteiger partial charge >= 0.3 is 5.97 Å². The monoisotopic (exact) mass is 236 g/mol. The maximum Gasteiger partial charge on any atom is 0.340 e. The summed E-state index contributed by atoms with van der Waals surface area (Å²) in [5, 5.41) is 0. The zero-order chi connectivity index (χ0) is 12.8. The fourth-order valence-corrected chi connectivity index (χ4v) is 1.76. The van der Waals surface area contributed by atoms with E-state index in [4.69, 9.17) is 10.5 Å². The Bertz CT molecular complexity index is 387. The van der Waals surface area contributed by atoms with Crippen LogP contribution in [0.3, 0.4) is 0 Å². The lowest BCUT2D eigenvalue weighted by molar-refractivity contribution is 0.0527. The summed E-state index contributed by atoms with van der Waals surface area (Å²) in [6, 6.07) is 5.26. The molecule has 1 aromatic carbocycles. The number of carbonyl (C=O) groups is 1. The molecule has 2 N–H and O–H groups in total. The summed E-state index contributed by atoms with van der Waals surface area (Å²) in [7, 11) is 0. The fourth-order valence-electron chi connectivity index (χ4n) is 1.76. The van der Waals surface area contributed by atoms with Crippen molar-refractivity contribution in [2.24, 2.45) is 0 Å². The predicted octanol–water partition coefficient (Wildman–Crippen LogP) is 2.29. The average Bonchev–Trinajstić information content (AvgIpc) is 2.31. The van der Waals surface area contributed by atoms with Crippen LogP contribution >= 0.6 is 0 Å². The van der Waals surface area contributed by atoms with Crippen molar-refractivity contribution < 1.29 is 9.53 Å². The first kappa shape index (κ1) is 13.4. The normalized spacial score (nSPS) is 10.1. The number of benzene rings is 1. The number of nitrogens with two attached hydrogens (primary N) is 1. The van der Waals surface area contributed by atoms with Crippen LogP contribution in [0.2, 0.25) is 0 Å². The number of hydrogen-bond acceptors (Lipinski definition) is 4. The van der Waals surface area contributed by atoms with Crippen LogP contribution in [-0.2, 0) is 4.74 Å². The summed E-state index contributed by atoms with van der Waals surface area (Å²) < 4.78 is 5.04. The molecule has 0 heterocycles. The van der Waals surface area contributed by atoms with Crippen molar-refractivity contribution >= 4 is 17.3 Å². The highest BCUT2D eigenvalue weighted by molar-refractivity contribution is 5.96. The van der Waals surface area contributed by atoms with Gasteiger partial charge in [-0.05, 0) is 39.0 Å². The fraction of sp³-hybridized carbons (Fsp3) is 0.462. The standard InChI is InChI=1S/C13H20N2O2/c1-4-15(5-2)12-9-10(14)7-8-11(12)13(16)17-6-3/h7-9H,4-6,14H2,1-3H3. The van der Waals surface area contributed by atoms with Crippen LogP contribution in [0.15, 0.2) is 18.2 Å². The van der Waals surface area contributed by atoms with Crippen LogP contribution in [0, 0.1) is 0 Å². The highest BCUT2D eigenvalue weighted by Gasteiger charge is 2.16. The van der Waals surface area contributed by atoms with Gasteiger partial charge in [0.15, 0.2) is 0 Å². The lowest BCUT2D eigenvalue weighted by atomic mass is 10.1. The molecule has 4 heteroatoms. The van der Waals surface area contributed by atoms with Crippen LogP contribution in [0.25, 0.3) is 0 Å². The Labute approximate surface area is 102 Å². The van der Waals surface area contributed by atoms with E-state index in [1.165, 1.54) is 0 Å². The summed E-state index contributed by atoms with van der Waals surface area (Å²) in [4.78, 5) is 13.9. The average molecular weight is 236 g/mol. The Hall–Kier alpha value is -1.71. The third-order valence-corrected chi connectivity index (χ3v) is 2.62. The van der Waals surface area contributed by atoms with E-state index in [0.717, 1.165) is 18.8 Å². The van der Waals surface area contributed by atoms with Crippen molar-refractivity contribution in [3.8, 4) is 0 Å². The second kappa shape index (κ2) is 6.13. The second-order valence-electron chi connectivity index (χ2n) is 3.67. The molecule has 0 aliphatic carbocycles. The molecule has 0 radical (unpaired) electrons. The summed E-state index contributed by atoms with van der Waals surface area (Å²) in [6.07, 6.45) is 0. The molecule has 0 amide bonds. The van der Waals surface area contributed by atoms with E-state index in [0.29, 0.717) is 17.9 Å². The summed E-state index contributed by atoms with van der Waals surface area (Å²) in [6.45, 7) is 7.91. The summed E-state index contributed by atoms with van der Waals surface area (Å²) >= 11 is 0. The Morgan fingerprint density at radius 3 is 2.47 bits per heavy atom. The minimum absolute atomic E-state index is 0.297. The highest BCUT2D eigenvalue weighted by atomic mass is 16.5. The molecule has 17 heavy (non-hydrogen) atoms. The van der Waals surface area contributed by atoms with E-state index in [2.05, 4.69) is 4.90 Å². The number of ether oxygens (including phenoxy) is 1. The van der Waals surface area contributed by atoms with Gasteiger partial charge in [-0.15, -0.1) is 0 Å². The van der Waals surface area contributed by atoms with Gasteiger partial charge in [-0.2, -0.15) is 0 Å². The third-order valence-electron chi connectivity index (χ3n) is 2.62. The van der Waals surface area contributed by atoms with E-state index in [-0.39, 0.29) is 5.97 Å². The van der Waals surface area contributed by atoms with Gasteiger partial charge in [0.2, 0.25) is 0 Å².